The lowest BCUT2D eigenvalue weighted by Crippen LogP contribution is -2.30. The third-order valence-electron chi connectivity index (χ3n) is 5.06. The van der Waals surface area contributed by atoms with E-state index in [0.29, 0.717) is 22.0 Å². The van der Waals surface area contributed by atoms with E-state index in [1.54, 1.807) is 42.5 Å². The highest BCUT2D eigenvalue weighted by molar-refractivity contribution is 6.44. The molecule has 8 heteroatoms. The number of amides is 3. The summed E-state index contributed by atoms with van der Waals surface area (Å²) in [5.74, 6) is -1.28. The maximum absolute atomic E-state index is 12.8. The minimum atomic E-state index is -0.558. The Labute approximate surface area is 178 Å². The predicted octanol–water partition coefficient (Wildman–Crippen LogP) is 3.88. The summed E-state index contributed by atoms with van der Waals surface area (Å²) in [7, 11) is 0. The van der Waals surface area contributed by atoms with E-state index in [1.807, 2.05) is 0 Å². The molecular formula is C21H19Cl2N3O3. The fraction of sp³-hybridized carbons (Fsp3) is 0.286. The lowest BCUT2D eigenvalue weighted by Gasteiger charge is -2.19. The average molecular weight is 432 g/mol. The van der Waals surface area contributed by atoms with Crippen LogP contribution in [0.5, 0.6) is 0 Å². The van der Waals surface area contributed by atoms with Gasteiger partial charge in [-0.1, -0.05) is 41.4 Å². The third-order valence-corrected chi connectivity index (χ3v) is 5.87. The van der Waals surface area contributed by atoms with Crippen LogP contribution in [0.1, 0.15) is 29.6 Å². The molecule has 150 valence electrons. The second-order valence-electron chi connectivity index (χ2n) is 7.26. The van der Waals surface area contributed by atoms with E-state index in [-0.39, 0.29) is 41.8 Å². The highest BCUT2D eigenvalue weighted by atomic mass is 35.5. The van der Waals surface area contributed by atoms with E-state index in [4.69, 9.17) is 23.2 Å². The van der Waals surface area contributed by atoms with Crippen LogP contribution in [-0.4, -0.2) is 30.3 Å². The highest BCUT2D eigenvalue weighted by Crippen LogP contribution is 2.36. The van der Waals surface area contributed by atoms with Crippen molar-refractivity contribution in [2.24, 2.45) is 5.92 Å². The predicted molar refractivity (Wildman–Crippen MR) is 112 cm³/mol. The average Bonchev–Trinajstić information content (AvgIpc) is 3.43. The van der Waals surface area contributed by atoms with Crippen molar-refractivity contribution in [3.05, 3.63) is 58.1 Å². The molecule has 1 atom stereocenters. The molecule has 29 heavy (non-hydrogen) atoms. The van der Waals surface area contributed by atoms with E-state index in [9.17, 15) is 14.4 Å². The van der Waals surface area contributed by atoms with E-state index >= 15 is 0 Å². The molecule has 2 aromatic rings. The van der Waals surface area contributed by atoms with Gasteiger partial charge in [0.15, 0.2) is 0 Å². The van der Waals surface area contributed by atoms with Gasteiger partial charge in [0.25, 0.3) is 5.91 Å². The number of nitrogens with one attached hydrogen (secondary N) is 2. The van der Waals surface area contributed by atoms with E-state index in [1.165, 1.54) is 4.90 Å². The van der Waals surface area contributed by atoms with Gasteiger partial charge in [-0.3, -0.25) is 14.4 Å². The first-order valence-electron chi connectivity index (χ1n) is 9.39. The molecule has 2 aliphatic rings. The van der Waals surface area contributed by atoms with E-state index in [2.05, 4.69) is 10.6 Å². The Kier molecular flexibility index (Phi) is 5.48. The number of anilines is 2. The fourth-order valence-corrected chi connectivity index (χ4v) is 3.73. The van der Waals surface area contributed by atoms with Gasteiger partial charge in [-0.2, -0.15) is 0 Å². The van der Waals surface area contributed by atoms with Crippen molar-refractivity contribution in [3.63, 3.8) is 0 Å². The van der Waals surface area contributed by atoms with Crippen molar-refractivity contribution in [2.45, 2.75) is 25.3 Å². The normalized spacial score (nSPS) is 18.6. The Hall–Kier alpha value is -2.57. The first kappa shape index (κ1) is 19.7. The standard InChI is InChI=1S/C21H19Cl2N3O3/c22-15-5-3-7-17(19(15)23)26-11-12(10-18(26)27)20(28)25-16-6-2-1-4-14(16)21(29)24-13-8-9-13/h1-7,12-13H,8-11H2,(H,24,29)(H,25,28). The zero-order valence-corrected chi connectivity index (χ0v) is 17.0. The maximum Gasteiger partial charge on any atom is 0.253 e. The molecule has 6 nitrogen and oxygen atoms in total. The van der Waals surface area contributed by atoms with Crippen LogP contribution in [-0.2, 0) is 9.59 Å². The number of para-hydroxylation sites is 1. The molecule has 0 radical (unpaired) electrons. The molecule has 1 aliphatic heterocycles. The lowest BCUT2D eigenvalue weighted by atomic mass is 10.1. The molecule has 0 spiro atoms. The number of hydrogen-bond donors (Lipinski definition) is 2. The summed E-state index contributed by atoms with van der Waals surface area (Å²) in [6.45, 7) is 0.196. The van der Waals surface area contributed by atoms with Crippen LogP contribution < -0.4 is 15.5 Å². The van der Waals surface area contributed by atoms with Crippen molar-refractivity contribution in [3.8, 4) is 0 Å². The van der Waals surface area contributed by atoms with Gasteiger partial charge in [0.05, 0.1) is 32.9 Å². The zero-order valence-electron chi connectivity index (χ0n) is 15.5. The summed E-state index contributed by atoms with van der Waals surface area (Å²) >= 11 is 12.3. The summed E-state index contributed by atoms with van der Waals surface area (Å²) in [6, 6.07) is 12.1. The smallest absolute Gasteiger partial charge is 0.253 e. The number of rotatable bonds is 5. The van der Waals surface area contributed by atoms with Crippen molar-refractivity contribution < 1.29 is 14.4 Å². The SMILES string of the molecule is O=C(NC1CC1)c1ccccc1NC(=O)C1CC(=O)N(c2cccc(Cl)c2Cl)C1. The Morgan fingerprint density at radius 1 is 1.03 bits per heavy atom. The molecule has 2 aromatic carbocycles. The first-order chi connectivity index (χ1) is 13.9. The topological polar surface area (TPSA) is 78.5 Å². The molecule has 3 amide bonds. The van der Waals surface area contributed by atoms with Gasteiger partial charge in [0.2, 0.25) is 11.8 Å². The van der Waals surface area contributed by atoms with Crippen molar-refractivity contribution in [1.29, 1.82) is 0 Å². The minimum Gasteiger partial charge on any atom is -0.349 e. The molecule has 1 aliphatic carbocycles. The molecule has 0 aromatic heterocycles. The summed E-state index contributed by atoms with van der Waals surface area (Å²) in [6.07, 6.45) is 2.02. The van der Waals surface area contributed by atoms with Gasteiger partial charge in [-0.05, 0) is 37.1 Å². The van der Waals surface area contributed by atoms with Gasteiger partial charge in [0, 0.05) is 19.0 Å². The number of carbonyl (C=O) groups is 3. The number of nitrogens with zero attached hydrogens (tertiary/aromatic N) is 1. The summed E-state index contributed by atoms with van der Waals surface area (Å²) in [5.41, 5.74) is 1.33. The number of benzene rings is 2. The monoisotopic (exact) mass is 431 g/mol. The van der Waals surface area contributed by atoms with E-state index < -0.39 is 5.92 Å². The summed E-state index contributed by atoms with van der Waals surface area (Å²) in [4.78, 5) is 39.2. The summed E-state index contributed by atoms with van der Waals surface area (Å²) in [5, 5.41) is 6.36. The van der Waals surface area contributed by atoms with E-state index in [0.717, 1.165) is 12.8 Å². The number of halogens is 2. The Balaban J connectivity index is 1.48. The highest BCUT2D eigenvalue weighted by Gasteiger charge is 2.36. The number of hydrogen-bond acceptors (Lipinski definition) is 3. The Morgan fingerprint density at radius 3 is 2.55 bits per heavy atom. The largest absolute Gasteiger partial charge is 0.349 e. The van der Waals surface area contributed by atoms with Gasteiger partial charge in [-0.15, -0.1) is 0 Å². The Bertz CT molecular complexity index is 991. The van der Waals surface area contributed by atoms with Gasteiger partial charge in [0.1, 0.15) is 0 Å². The molecule has 1 heterocycles. The third kappa shape index (κ3) is 4.23. The zero-order chi connectivity index (χ0) is 20.5. The van der Waals surface area contributed by atoms with Crippen LogP contribution in [0.15, 0.2) is 42.5 Å². The van der Waals surface area contributed by atoms with Crippen molar-refractivity contribution in [1.82, 2.24) is 5.32 Å². The maximum atomic E-state index is 12.8. The first-order valence-corrected chi connectivity index (χ1v) is 10.1. The van der Waals surface area contributed by atoms with Crippen LogP contribution in [0.2, 0.25) is 10.0 Å². The lowest BCUT2D eigenvalue weighted by molar-refractivity contribution is -0.122. The molecule has 4 rings (SSSR count). The second-order valence-corrected chi connectivity index (χ2v) is 8.05. The van der Waals surface area contributed by atoms with Gasteiger partial charge < -0.3 is 15.5 Å². The Morgan fingerprint density at radius 2 is 1.79 bits per heavy atom. The molecule has 1 unspecified atom stereocenters. The van der Waals surface area contributed by atoms with Crippen molar-refractivity contribution in [2.75, 3.05) is 16.8 Å². The van der Waals surface area contributed by atoms with Crippen molar-refractivity contribution >= 4 is 52.3 Å². The second kappa shape index (κ2) is 8.05. The van der Waals surface area contributed by atoms with Crippen LogP contribution in [0, 0.1) is 5.92 Å². The molecule has 0 bridgehead atoms. The van der Waals surface area contributed by atoms with Gasteiger partial charge >= 0.3 is 0 Å². The molecule has 1 saturated carbocycles. The van der Waals surface area contributed by atoms with Crippen LogP contribution in [0.25, 0.3) is 0 Å². The summed E-state index contributed by atoms with van der Waals surface area (Å²) < 4.78 is 0. The fourth-order valence-electron chi connectivity index (χ4n) is 3.33. The minimum absolute atomic E-state index is 0.0606. The quantitative estimate of drug-likeness (QED) is 0.753. The van der Waals surface area contributed by atoms with Gasteiger partial charge in [-0.25, -0.2) is 0 Å². The van der Waals surface area contributed by atoms with Crippen LogP contribution >= 0.6 is 23.2 Å². The molecular weight excluding hydrogens is 413 g/mol. The number of carbonyl (C=O) groups excluding carboxylic acids is 3. The molecule has 2 N–H and O–H groups in total. The molecule has 1 saturated heterocycles. The van der Waals surface area contributed by atoms with Crippen LogP contribution in [0.3, 0.4) is 0 Å². The van der Waals surface area contributed by atoms with Crippen LogP contribution in [0.4, 0.5) is 11.4 Å². The molecule has 2 fully saturated rings.